The predicted molar refractivity (Wildman–Crippen MR) is 156 cm³/mol. The summed E-state index contributed by atoms with van der Waals surface area (Å²) in [6.45, 7) is 4.69. The average molecular weight is 581 g/mol. The van der Waals surface area contributed by atoms with Gasteiger partial charge in [-0.1, -0.05) is 55.5 Å². The number of amides is 4. The quantitative estimate of drug-likeness (QED) is 0.292. The van der Waals surface area contributed by atoms with Gasteiger partial charge in [-0.15, -0.1) is 0 Å². The minimum absolute atomic E-state index is 0.123. The summed E-state index contributed by atoms with van der Waals surface area (Å²) in [5.41, 5.74) is 3.61. The number of fused-ring (bicyclic) bond motifs is 1. The van der Waals surface area contributed by atoms with E-state index in [1.165, 1.54) is 11.0 Å². The molecule has 0 bridgehead atoms. The van der Waals surface area contributed by atoms with E-state index in [1.807, 2.05) is 62.4 Å². The summed E-state index contributed by atoms with van der Waals surface area (Å²) in [5, 5.41) is 8.33. The van der Waals surface area contributed by atoms with E-state index in [0.29, 0.717) is 30.8 Å². The Labute approximate surface area is 243 Å². The van der Waals surface area contributed by atoms with E-state index in [9.17, 15) is 27.6 Å². The van der Waals surface area contributed by atoms with Crippen LogP contribution in [0.3, 0.4) is 0 Å². The zero-order chi connectivity index (χ0) is 30.3. The third-order valence-corrected chi connectivity index (χ3v) is 7.18. The number of hydrogen-bond donors (Lipinski definition) is 3. The van der Waals surface area contributed by atoms with Crippen LogP contribution in [0.4, 0.5) is 23.7 Å². The van der Waals surface area contributed by atoms with E-state index in [0.717, 1.165) is 34.4 Å². The van der Waals surface area contributed by atoms with Crippen molar-refractivity contribution in [1.29, 1.82) is 0 Å². The largest absolute Gasteiger partial charge is 0.416 e. The molecule has 0 aliphatic carbocycles. The second-order valence-corrected chi connectivity index (χ2v) is 10.2. The van der Waals surface area contributed by atoms with E-state index in [-0.39, 0.29) is 43.7 Å². The van der Waals surface area contributed by atoms with Crippen molar-refractivity contribution in [2.24, 2.45) is 0 Å². The average Bonchev–Trinajstić information content (AvgIpc) is 3.08. The van der Waals surface area contributed by atoms with Gasteiger partial charge in [0.2, 0.25) is 11.8 Å². The van der Waals surface area contributed by atoms with Crippen molar-refractivity contribution in [3.05, 3.63) is 89.0 Å². The molecule has 222 valence electrons. The molecule has 4 rings (SSSR count). The number of halogens is 3. The molecule has 0 fully saturated rings. The van der Waals surface area contributed by atoms with Crippen LogP contribution in [0.1, 0.15) is 55.4 Å². The van der Waals surface area contributed by atoms with Gasteiger partial charge >= 0.3 is 12.2 Å². The Morgan fingerprint density at radius 2 is 1.71 bits per heavy atom. The van der Waals surface area contributed by atoms with Crippen LogP contribution < -0.4 is 20.9 Å². The summed E-state index contributed by atoms with van der Waals surface area (Å²) in [4.78, 5) is 39.4. The molecule has 1 aliphatic heterocycles. The van der Waals surface area contributed by atoms with Gasteiger partial charge in [0.1, 0.15) is 6.04 Å². The van der Waals surface area contributed by atoms with Gasteiger partial charge in [0.05, 0.1) is 12.1 Å². The number of nitrogens with one attached hydrogen (secondary N) is 3. The van der Waals surface area contributed by atoms with Crippen LogP contribution in [0.25, 0.3) is 11.1 Å². The Hall–Kier alpha value is -4.34. The van der Waals surface area contributed by atoms with E-state index >= 15 is 0 Å². The maximum atomic E-state index is 13.7. The number of rotatable bonds is 9. The molecule has 1 aliphatic rings. The Kier molecular flexibility index (Phi) is 9.88. The highest BCUT2D eigenvalue weighted by atomic mass is 19.4. The van der Waals surface area contributed by atoms with Crippen molar-refractivity contribution in [2.45, 2.75) is 64.8 Å². The van der Waals surface area contributed by atoms with Crippen LogP contribution in [-0.4, -0.2) is 30.4 Å². The van der Waals surface area contributed by atoms with Gasteiger partial charge < -0.3 is 20.9 Å². The fourth-order valence-electron chi connectivity index (χ4n) is 5.07. The van der Waals surface area contributed by atoms with Crippen LogP contribution in [0, 0.1) is 0 Å². The van der Waals surface area contributed by atoms with Crippen LogP contribution in [0.15, 0.2) is 66.7 Å². The smallest absolute Gasteiger partial charge is 0.344 e. The number of benzene rings is 3. The van der Waals surface area contributed by atoms with Gasteiger partial charge in [-0.2, -0.15) is 13.2 Å². The molecular formula is C32H35F3N4O3. The Morgan fingerprint density at radius 1 is 0.976 bits per heavy atom. The fourth-order valence-corrected chi connectivity index (χ4v) is 5.07. The first-order valence-corrected chi connectivity index (χ1v) is 14.1. The molecule has 1 heterocycles. The summed E-state index contributed by atoms with van der Waals surface area (Å²) < 4.78 is 40.4. The number of nitrogens with zero attached hydrogens (tertiary/aromatic N) is 1. The molecular weight excluding hydrogens is 545 g/mol. The molecule has 7 nitrogen and oxygen atoms in total. The molecule has 0 unspecified atom stereocenters. The Morgan fingerprint density at radius 3 is 2.40 bits per heavy atom. The van der Waals surface area contributed by atoms with Crippen molar-refractivity contribution in [3.63, 3.8) is 0 Å². The molecule has 0 aromatic heterocycles. The first-order valence-electron chi connectivity index (χ1n) is 14.1. The molecule has 3 aromatic carbocycles. The third kappa shape index (κ3) is 7.48. The van der Waals surface area contributed by atoms with Crippen LogP contribution in [-0.2, 0) is 35.3 Å². The first-order chi connectivity index (χ1) is 20.1. The normalized spacial score (nSPS) is 15.0. The summed E-state index contributed by atoms with van der Waals surface area (Å²) in [5.74, 6) is -0.619. The molecule has 0 spiro atoms. The number of hydrogen-bond acceptors (Lipinski definition) is 3. The topological polar surface area (TPSA) is 90.5 Å². The number of alkyl halides is 3. The van der Waals surface area contributed by atoms with Crippen molar-refractivity contribution in [1.82, 2.24) is 16.0 Å². The van der Waals surface area contributed by atoms with Gasteiger partial charge in [0.15, 0.2) is 0 Å². The molecule has 0 saturated heterocycles. The number of anilines is 1. The highest BCUT2D eigenvalue weighted by Crippen LogP contribution is 2.36. The van der Waals surface area contributed by atoms with E-state index in [2.05, 4.69) is 16.0 Å². The molecule has 42 heavy (non-hydrogen) atoms. The Bertz CT molecular complexity index is 1420. The van der Waals surface area contributed by atoms with Gasteiger partial charge in [-0.3, -0.25) is 9.59 Å². The number of carbonyl (C=O) groups is 3. The second-order valence-electron chi connectivity index (χ2n) is 10.2. The van der Waals surface area contributed by atoms with Crippen molar-refractivity contribution in [3.8, 4) is 11.1 Å². The van der Waals surface area contributed by atoms with Crippen LogP contribution in [0.2, 0.25) is 0 Å². The predicted octanol–water partition coefficient (Wildman–Crippen LogP) is 5.96. The summed E-state index contributed by atoms with van der Waals surface area (Å²) in [6.07, 6.45) is -3.20. The lowest BCUT2D eigenvalue weighted by Crippen LogP contribution is -2.47. The van der Waals surface area contributed by atoms with Crippen molar-refractivity contribution < 1.29 is 27.6 Å². The van der Waals surface area contributed by atoms with Gasteiger partial charge in [-0.05, 0) is 72.2 Å². The van der Waals surface area contributed by atoms with E-state index < -0.39 is 17.8 Å². The monoisotopic (exact) mass is 580 g/mol. The number of aryl methyl sites for hydroxylation is 1. The maximum Gasteiger partial charge on any atom is 0.416 e. The lowest BCUT2D eigenvalue weighted by molar-refractivity contribution is -0.137. The minimum atomic E-state index is -4.51. The minimum Gasteiger partial charge on any atom is -0.344 e. The SMILES string of the molecule is CCCC(=O)N[C@@H]1CCc2cc(C(F)(F)F)ccc2N(Cc2ccc(-c3ccccc3CNC(=O)NCC)cc2)C1=O. The van der Waals surface area contributed by atoms with Gasteiger partial charge in [0, 0.05) is 25.2 Å². The van der Waals surface area contributed by atoms with Crippen molar-refractivity contribution >= 4 is 23.5 Å². The fraction of sp³-hybridized carbons (Fsp3) is 0.344. The lowest BCUT2D eigenvalue weighted by Gasteiger charge is -2.27. The van der Waals surface area contributed by atoms with Gasteiger partial charge in [-0.25, -0.2) is 4.79 Å². The van der Waals surface area contributed by atoms with Crippen LogP contribution >= 0.6 is 0 Å². The summed E-state index contributed by atoms with van der Waals surface area (Å²) >= 11 is 0. The number of urea groups is 1. The highest BCUT2D eigenvalue weighted by Gasteiger charge is 2.35. The summed E-state index contributed by atoms with van der Waals surface area (Å²) in [7, 11) is 0. The lowest BCUT2D eigenvalue weighted by atomic mass is 9.98. The molecule has 10 heteroatoms. The second kappa shape index (κ2) is 13.5. The third-order valence-electron chi connectivity index (χ3n) is 7.18. The molecule has 3 aromatic rings. The maximum absolute atomic E-state index is 13.7. The van der Waals surface area contributed by atoms with Crippen molar-refractivity contribution in [2.75, 3.05) is 11.4 Å². The van der Waals surface area contributed by atoms with E-state index in [1.54, 1.807) is 0 Å². The molecule has 4 amide bonds. The molecule has 0 saturated carbocycles. The molecule has 3 N–H and O–H groups in total. The Balaban J connectivity index is 1.61. The summed E-state index contributed by atoms with van der Waals surface area (Å²) in [6, 6.07) is 17.6. The molecule has 0 radical (unpaired) electrons. The molecule has 1 atom stereocenters. The zero-order valence-corrected chi connectivity index (χ0v) is 23.7. The highest BCUT2D eigenvalue weighted by molar-refractivity contribution is 6.00. The standard InChI is InChI=1S/C32H35F3N4O3/c1-3-7-29(40)38-27-16-14-23-18-25(32(33,34)35)15-17-28(23)39(30(27)41)20-21-10-12-22(13-11-21)26-9-6-5-8-24(26)19-37-31(42)36-4-2/h5-6,8-13,15,17-18,27H,3-4,7,14,16,19-20H2,1-2H3,(H,38,40)(H2,36,37,42)/t27-/m1/s1. The zero-order valence-electron chi connectivity index (χ0n) is 23.7. The first kappa shape index (κ1) is 30.6. The van der Waals surface area contributed by atoms with E-state index in [4.69, 9.17) is 0 Å². The van der Waals surface area contributed by atoms with Crippen LogP contribution in [0.5, 0.6) is 0 Å². The number of carbonyl (C=O) groups excluding carboxylic acids is 3. The van der Waals surface area contributed by atoms with Gasteiger partial charge in [0.25, 0.3) is 0 Å².